The van der Waals surface area contributed by atoms with Gasteiger partial charge in [-0.3, -0.25) is 0 Å². The van der Waals surface area contributed by atoms with E-state index in [9.17, 15) is 0 Å². The van der Waals surface area contributed by atoms with Gasteiger partial charge in [0, 0.05) is 30.7 Å². The predicted octanol–water partition coefficient (Wildman–Crippen LogP) is 2.71. The molecular formula is C17H29N3O. The average molecular weight is 291 g/mol. The largest absolute Gasteiger partial charge is 0.372 e. The van der Waals surface area contributed by atoms with Crippen molar-refractivity contribution < 1.29 is 4.74 Å². The first kappa shape index (κ1) is 16.2. The van der Waals surface area contributed by atoms with Crippen LogP contribution < -0.4 is 10.2 Å². The van der Waals surface area contributed by atoms with Gasteiger partial charge in [-0.15, -0.1) is 0 Å². The van der Waals surface area contributed by atoms with E-state index < -0.39 is 0 Å². The Morgan fingerprint density at radius 1 is 1.33 bits per heavy atom. The van der Waals surface area contributed by atoms with E-state index in [1.807, 2.05) is 7.05 Å². The summed E-state index contributed by atoms with van der Waals surface area (Å²) < 4.78 is 5.81. The molecule has 0 saturated carbocycles. The number of ether oxygens (including phenoxy) is 1. The van der Waals surface area contributed by atoms with E-state index >= 15 is 0 Å². The fourth-order valence-corrected chi connectivity index (χ4v) is 2.64. The second-order valence-electron chi connectivity index (χ2n) is 7.53. The van der Waals surface area contributed by atoms with Gasteiger partial charge in [0.1, 0.15) is 5.82 Å². The molecule has 21 heavy (non-hydrogen) atoms. The van der Waals surface area contributed by atoms with Gasteiger partial charge in [-0.05, 0) is 38.6 Å². The molecule has 2 rings (SSSR count). The molecule has 0 spiro atoms. The van der Waals surface area contributed by atoms with Gasteiger partial charge in [0.25, 0.3) is 0 Å². The Labute approximate surface area is 128 Å². The Balaban J connectivity index is 2.35. The lowest BCUT2D eigenvalue weighted by Gasteiger charge is -2.39. The summed E-state index contributed by atoms with van der Waals surface area (Å²) in [5.74, 6) is 1.07. The summed E-state index contributed by atoms with van der Waals surface area (Å²) in [6.45, 7) is 14.3. The van der Waals surface area contributed by atoms with Gasteiger partial charge in [-0.25, -0.2) is 4.98 Å². The van der Waals surface area contributed by atoms with Crippen LogP contribution in [0.15, 0.2) is 12.1 Å². The summed E-state index contributed by atoms with van der Waals surface area (Å²) in [7, 11) is 1.98. The highest BCUT2D eigenvalue weighted by molar-refractivity contribution is 5.44. The van der Waals surface area contributed by atoms with Crippen LogP contribution in [-0.4, -0.2) is 37.3 Å². The molecule has 1 aliphatic heterocycles. The molecule has 1 fully saturated rings. The van der Waals surface area contributed by atoms with Crippen LogP contribution in [0.25, 0.3) is 0 Å². The van der Waals surface area contributed by atoms with Crippen LogP contribution in [0.2, 0.25) is 0 Å². The highest BCUT2D eigenvalue weighted by Gasteiger charge is 2.29. The van der Waals surface area contributed by atoms with Crippen LogP contribution in [0.4, 0.5) is 5.82 Å². The third-order valence-electron chi connectivity index (χ3n) is 3.77. The van der Waals surface area contributed by atoms with Crippen molar-refractivity contribution >= 4 is 5.82 Å². The molecule has 1 aromatic rings. The van der Waals surface area contributed by atoms with Gasteiger partial charge >= 0.3 is 0 Å². The minimum atomic E-state index is -0.110. The monoisotopic (exact) mass is 291 g/mol. The number of morpholine rings is 1. The van der Waals surface area contributed by atoms with Crippen molar-refractivity contribution in [3.05, 3.63) is 23.4 Å². The van der Waals surface area contributed by atoms with Crippen molar-refractivity contribution in [3.8, 4) is 0 Å². The zero-order valence-corrected chi connectivity index (χ0v) is 14.3. The number of hydrogen-bond acceptors (Lipinski definition) is 4. The summed E-state index contributed by atoms with van der Waals surface area (Å²) in [6.07, 6.45) is 0. The number of anilines is 1. The third-order valence-corrected chi connectivity index (χ3v) is 3.77. The number of pyridine rings is 1. The first-order valence-corrected chi connectivity index (χ1v) is 7.76. The van der Waals surface area contributed by atoms with Crippen LogP contribution in [0.3, 0.4) is 0 Å². The Morgan fingerprint density at radius 3 is 2.62 bits per heavy atom. The summed E-state index contributed by atoms with van der Waals surface area (Å²) in [6, 6.07) is 4.42. The second-order valence-corrected chi connectivity index (χ2v) is 7.53. The van der Waals surface area contributed by atoms with E-state index in [2.05, 4.69) is 57.0 Å². The number of nitrogens with one attached hydrogen (secondary N) is 1. The molecule has 4 heteroatoms. The lowest BCUT2D eigenvalue weighted by atomic mass is 9.90. The SMILES string of the molecule is CNCc1cc(N2CCOC(C)(C)C2)nc(C(C)(C)C)c1. The molecule has 1 aliphatic rings. The summed E-state index contributed by atoms with van der Waals surface area (Å²) >= 11 is 0. The quantitative estimate of drug-likeness (QED) is 0.929. The topological polar surface area (TPSA) is 37.4 Å². The van der Waals surface area contributed by atoms with E-state index in [1.54, 1.807) is 0 Å². The fourth-order valence-electron chi connectivity index (χ4n) is 2.64. The van der Waals surface area contributed by atoms with Gasteiger partial charge in [0.05, 0.1) is 12.2 Å². The van der Waals surface area contributed by atoms with Crippen molar-refractivity contribution in [2.45, 2.75) is 52.2 Å². The van der Waals surface area contributed by atoms with E-state index in [4.69, 9.17) is 9.72 Å². The Kier molecular flexibility index (Phi) is 4.59. The molecule has 4 nitrogen and oxygen atoms in total. The maximum Gasteiger partial charge on any atom is 0.129 e. The summed E-state index contributed by atoms with van der Waals surface area (Å²) in [5.41, 5.74) is 2.38. The van der Waals surface area contributed by atoms with Crippen LogP contribution >= 0.6 is 0 Å². The number of rotatable bonds is 3. The zero-order chi connectivity index (χ0) is 15.7. The van der Waals surface area contributed by atoms with Gasteiger partial charge in [0.2, 0.25) is 0 Å². The van der Waals surface area contributed by atoms with Crippen LogP contribution in [0, 0.1) is 0 Å². The van der Waals surface area contributed by atoms with Gasteiger partial charge < -0.3 is 15.0 Å². The molecule has 1 aromatic heterocycles. The highest BCUT2D eigenvalue weighted by Crippen LogP contribution is 2.27. The average Bonchev–Trinajstić information content (AvgIpc) is 2.36. The van der Waals surface area contributed by atoms with Crippen molar-refractivity contribution in [1.82, 2.24) is 10.3 Å². The molecule has 1 saturated heterocycles. The molecule has 0 bridgehead atoms. The van der Waals surface area contributed by atoms with Gasteiger partial charge in [-0.1, -0.05) is 20.8 Å². The third kappa shape index (κ3) is 4.17. The molecule has 118 valence electrons. The maximum absolute atomic E-state index is 5.81. The van der Waals surface area contributed by atoms with E-state index in [1.165, 1.54) is 5.56 Å². The molecule has 0 radical (unpaired) electrons. The highest BCUT2D eigenvalue weighted by atomic mass is 16.5. The van der Waals surface area contributed by atoms with Gasteiger partial charge in [0.15, 0.2) is 0 Å². The zero-order valence-electron chi connectivity index (χ0n) is 14.3. The van der Waals surface area contributed by atoms with E-state index in [-0.39, 0.29) is 11.0 Å². The summed E-state index contributed by atoms with van der Waals surface area (Å²) in [5, 5.41) is 3.24. The first-order chi connectivity index (χ1) is 9.71. The Morgan fingerprint density at radius 2 is 2.05 bits per heavy atom. The maximum atomic E-state index is 5.81. The number of hydrogen-bond donors (Lipinski definition) is 1. The Bertz CT molecular complexity index is 491. The predicted molar refractivity (Wildman–Crippen MR) is 87.9 cm³/mol. The van der Waals surface area contributed by atoms with Crippen molar-refractivity contribution in [3.63, 3.8) is 0 Å². The normalized spacial score (nSPS) is 18.9. The van der Waals surface area contributed by atoms with Crippen molar-refractivity contribution in [1.29, 1.82) is 0 Å². The molecule has 0 unspecified atom stereocenters. The summed E-state index contributed by atoms with van der Waals surface area (Å²) in [4.78, 5) is 7.26. The number of nitrogens with zero attached hydrogens (tertiary/aromatic N) is 2. The molecule has 0 amide bonds. The van der Waals surface area contributed by atoms with Gasteiger partial charge in [-0.2, -0.15) is 0 Å². The minimum absolute atomic E-state index is 0.0559. The molecule has 0 aromatic carbocycles. The van der Waals surface area contributed by atoms with E-state index in [0.717, 1.165) is 37.8 Å². The standard InChI is InChI=1S/C17H29N3O/c1-16(2,3)14-9-13(11-18-6)10-15(19-14)20-7-8-21-17(4,5)12-20/h9-10,18H,7-8,11-12H2,1-6H3. The minimum Gasteiger partial charge on any atom is -0.372 e. The van der Waals surface area contributed by atoms with Crippen LogP contribution in [0.1, 0.15) is 45.9 Å². The molecule has 2 heterocycles. The molecule has 0 aliphatic carbocycles. The van der Waals surface area contributed by atoms with E-state index in [0.29, 0.717) is 0 Å². The fraction of sp³-hybridized carbons (Fsp3) is 0.706. The van der Waals surface area contributed by atoms with Crippen LogP contribution in [-0.2, 0) is 16.7 Å². The van der Waals surface area contributed by atoms with Crippen molar-refractivity contribution in [2.75, 3.05) is 31.6 Å². The van der Waals surface area contributed by atoms with Crippen molar-refractivity contribution in [2.24, 2.45) is 0 Å². The Hall–Kier alpha value is -1.13. The molecule has 1 N–H and O–H groups in total. The second kappa shape index (κ2) is 5.93. The van der Waals surface area contributed by atoms with Crippen LogP contribution in [0.5, 0.6) is 0 Å². The molecular weight excluding hydrogens is 262 g/mol. The first-order valence-electron chi connectivity index (χ1n) is 7.76. The smallest absolute Gasteiger partial charge is 0.129 e. The molecule has 0 atom stereocenters. The number of aromatic nitrogens is 1. The lowest BCUT2D eigenvalue weighted by molar-refractivity contribution is -0.0279. The lowest BCUT2D eigenvalue weighted by Crippen LogP contribution is -2.48.